The molecule has 2 aromatic heterocycles. The summed E-state index contributed by atoms with van der Waals surface area (Å²) in [6.45, 7) is 6.01. The van der Waals surface area contributed by atoms with Gasteiger partial charge >= 0.3 is 0 Å². The lowest BCUT2D eigenvalue weighted by Gasteiger charge is -2.09. The summed E-state index contributed by atoms with van der Waals surface area (Å²) in [7, 11) is 0. The number of rotatable bonds is 2. The topological polar surface area (TPSA) is 54.5 Å². The predicted molar refractivity (Wildman–Crippen MR) is 79.3 cm³/mol. The fourth-order valence-electron chi connectivity index (χ4n) is 2.28. The summed E-state index contributed by atoms with van der Waals surface area (Å²) < 4.78 is 0. The van der Waals surface area contributed by atoms with Crippen molar-refractivity contribution in [1.29, 1.82) is 0 Å². The van der Waals surface area contributed by atoms with E-state index in [-0.39, 0.29) is 0 Å². The number of hydrogen-bond donors (Lipinski definition) is 1. The monoisotopic (exact) mass is 264 g/mol. The SMILES string of the molecule is Cc1nc(C)c(C)c(-c2ccc(-c3cn[nH]c3)cc2)n1. The minimum absolute atomic E-state index is 0.807. The molecule has 0 bridgehead atoms. The van der Waals surface area contributed by atoms with Gasteiger partial charge in [-0.3, -0.25) is 5.10 Å². The van der Waals surface area contributed by atoms with Crippen molar-refractivity contribution in [3.8, 4) is 22.4 Å². The zero-order valence-electron chi connectivity index (χ0n) is 11.8. The van der Waals surface area contributed by atoms with Crippen LogP contribution in [-0.4, -0.2) is 20.2 Å². The van der Waals surface area contributed by atoms with E-state index in [1.54, 1.807) is 0 Å². The Morgan fingerprint density at radius 3 is 2.20 bits per heavy atom. The Hall–Kier alpha value is -2.49. The number of nitrogens with one attached hydrogen (secondary N) is 1. The van der Waals surface area contributed by atoms with E-state index in [4.69, 9.17) is 0 Å². The highest BCUT2D eigenvalue weighted by Crippen LogP contribution is 2.26. The predicted octanol–water partition coefficient (Wildman–Crippen LogP) is 3.46. The Kier molecular flexibility index (Phi) is 3.06. The number of aromatic nitrogens is 4. The fourth-order valence-corrected chi connectivity index (χ4v) is 2.28. The maximum atomic E-state index is 4.57. The smallest absolute Gasteiger partial charge is 0.126 e. The summed E-state index contributed by atoms with van der Waals surface area (Å²) in [6.07, 6.45) is 3.71. The first kappa shape index (κ1) is 12.5. The molecule has 2 heterocycles. The van der Waals surface area contributed by atoms with Gasteiger partial charge in [0.05, 0.1) is 11.9 Å². The van der Waals surface area contributed by atoms with Crippen LogP contribution < -0.4 is 0 Å². The summed E-state index contributed by atoms with van der Waals surface area (Å²) >= 11 is 0. The minimum Gasteiger partial charge on any atom is -0.285 e. The molecule has 20 heavy (non-hydrogen) atoms. The molecule has 0 aliphatic heterocycles. The standard InChI is InChI=1S/C16H16N4/c1-10-11(2)19-12(3)20-16(10)14-6-4-13(5-7-14)15-8-17-18-9-15/h4-9H,1-3H3,(H,17,18). The van der Waals surface area contributed by atoms with Crippen molar-refractivity contribution in [2.45, 2.75) is 20.8 Å². The Morgan fingerprint density at radius 2 is 1.55 bits per heavy atom. The Balaban J connectivity index is 2.04. The van der Waals surface area contributed by atoms with Crippen LogP contribution in [0.5, 0.6) is 0 Å². The van der Waals surface area contributed by atoms with Crippen molar-refractivity contribution < 1.29 is 0 Å². The zero-order valence-corrected chi connectivity index (χ0v) is 11.8. The molecule has 1 aromatic carbocycles. The van der Waals surface area contributed by atoms with Gasteiger partial charge in [-0.2, -0.15) is 5.10 Å². The Bertz CT molecular complexity index is 728. The van der Waals surface area contributed by atoms with Gasteiger partial charge in [-0.15, -0.1) is 0 Å². The second-order valence-electron chi connectivity index (χ2n) is 4.89. The Morgan fingerprint density at radius 1 is 0.850 bits per heavy atom. The average molecular weight is 264 g/mol. The van der Waals surface area contributed by atoms with Gasteiger partial charge in [-0.05, 0) is 31.9 Å². The molecular formula is C16H16N4. The highest BCUT2D eigenvalue weighted by atomic mass is 15.1. The number of hydrogen-bond acceptors (Lipinski definition) is 3. The van der Waals surface area contributed by atoms with Crippen LogP contribution in [-0.2, 0) is 0 Å². The van der Waals surface area contributed by atoms with Gasteiger partial charge in [-0.1, -0.05) is 24.3 Å². The third-order valence-corrected chi connectivity index (χ3v) is 3.49. The van der Waals surface area contributed by atoms with Crippen LogP contribution in [0.2, 0.25) is 0 Å². The molecule has 4 heteroatoms. The summed E-state index contributed by atoms with van der Waals surface area (Å²) in [6, 6.07) is 8.37. The van der Waals surface area contributed by atoms with Gasteiger partial charge in [0.25, 0.3) is 0 Å². The third-order valence-electron chi connectivity index (χ3n) is 3.49. The van der Waals surface area contributed by atoms with Crippen molar-refractivity contribution in [2.24, 2.45) is 0 Å². The molecule has 1 N–H and O–H groups in total. The minimum atomic E-state index is 0.807. The zero-order chi connectivity index (χ0) is 14.1. The molecule has 0 aliphatic rings. The van der Waals surface area contributed by atoms with E-state index in [2.05, 4.69) is 51.4 Å². The van der Waals surface area contributed by atoms with Crippen LogP contribution in [0.25, 0.3) is 22.4 Å². The molecular weight excluding hydrogens is 248 g/mol. The van der Waals surface area contributed by atoms with E-state index < -0.39 is 0 Å². The van der Waals surface area contributed by atoms with E-state index in [1.165, 1.54) is 0 Å². The van der Waals surface area contributed by atoms with Gasteiger partial charge in [0, 0.05) is 23.0 Å². The van der Waals surface area contributed by atoms with Crippen LogP contribution in [0, 0.1) is 20.8 Å². The molecule has 0 saturated heterocycles. The lowest BCUT2D eigenvalue weighted by molar-refractivity contribution is 0.992. The first-order valence-electron chi connectivity index (χ1n) is 6.56. The average Bonchev–Trinajstić information content (AvgIpc) is 2.97. The highest BCUT2D eigenvalue weighted by molar-refractivity contribution is 5.69. The number of aryl methyl sites for hydroxylation is 2. The largest absolute Gasteiger partial charge is 0.285 e. The van der Waals surface area contributed by atoms with Crippen LogP contribution in [0.3, 0.4) is 0 Å². The van der Waals surface area contributed by atoms with Crippen molar-refractivity contribution in [3.05, 3.63) is 53.7 Å². The summed E-state index contributed by atoms with van der Waals surface area (Å²) in [4.78, 5) is 8.96. The lowest BCUT2D eigenvalue weighted by atomic mass is 10.0. The maximum absolute atomic E-state index is 4.57. The maximum Gasteiger partial charge on any atom is 0.126 e. The van der Waals surface area contributed by atoms with E-state index >= 15 is 0 Å². The fraction of sp³-hybridized carbons (Fsp3) is 0.188. The molecule has 0 saturated carbocycles. The molecule has 0 spiro atoms. The molecule has 3 aromatic rings. The first-order valence-corrected chi connectivity index (χ1v) is 6.56. The number of H-pyrrole nitrogens is 1. The third kappa shape index (κ3) is 2.20. The van der Waals surface area contributed by atoms with Gasteiger partial charge in [0.2, 0.25) is 0 Å². The number of aromatic amines is 1. The summed E-state index contributed by atoms with van der Waals surface area (Å²) in [5.41, 5.74) is 6.51. The summed E-state index contributed by atoms with van der Waals surface area (Å²) in [5, 5.41) is 6.80. The van der Waals surface area contributed by atoms with Crippen molar-refractivity contribution in [1.82, 2.24) is 20.2 Å². The summed E-state index contributed by atoms with van der Waals surface area (Å²) in [5.74, 6) is 0.807. The molecule has 0 aliphatic carbocycles. The molecule has 3 rings (SSSR count). The van der Waals surface area contributed by atoms with Crippen LogP contribution in [0.15, 0.2) is 36.7 Å². The number of benzene rings is 1. The van der Waals surface area contributed by atoms with Gasteiger partial charge in [0.15, 0.2) is 0 Å². The molecule has 0 amide bonds. The van der Waals surface area contributed by atoms with E-state index in [9.17, 15) is 0 Å². The van der Waals surface area contributed by atoms with Crippen LogP contribution in [0.4, 0.5) is 0 Å². The highest BCUT2D eigenvalue weighted by Gasteiger charge is 2.08. The molecule has 100 valence electrons. The molecule has 0 radical (unpaired) electrons. The second kappa shape index (κ2) is 4.89. The van der Waals surface area contributed by atoms with Crippen molar-refractivity contribution in [2.75, 3.05) is 0 Å². The van der Waals surface area contributed by atoms with Crippen molar-refractivity contribution >= 4 is 0 Å². The van der Waals surface area contributed by atoms with Crippen molar-refractivity contribution in [3.63, 3.8) is 0 Å². The van der Waals surface area contributed by atoms with Gasteiger partial charge in [-0.25, -0.2) is 9.97 Å². The van der Waals surface area contributed by atoms with Crippen LogP contribution >= 0.6 is 0 Å². The second-order valence-corrected chi connectivity index (χ2v) is 4.89. The molecule has 4 nitrogen and oxygen atoms in total. The van der Waals surface area contributed by atoms with E-state index in [0.29, 0.717) is 0 Å². The quantitative estimate of drug-likeness (QED) is 0.771. The Labute approximate surface area is 117 Å². The lowest BCUT2D eigenvalue weighted by Crippen LogP contribution is -1.98. The van der Waals surface area contributed by atoms with Gasteiger partial charge in [0.1, 0.15) is 5.82 Å². The normalized spacial score (nSPS) is 10.8. The molecule has 0 fully saturated rings. The molecule has 0 atom stereocenters. The molecule has 0 unspecified atom stereocenters. The van der Waals surface area contributed by atoms with E-state index in [1.807, 2.05) is 26.2 Å². The first-order chi connectivity index (χ1) is 9.65. The van der Waals surface area contributed by atoms with E-state index in [0.717, 1.165) is 39.5 Å². The van der Waals surface area contributed by atoms with Crippen LogP contribution in [0.1, 0.15) is 17.1 Å². The van der Waals surface area contributed by atoms with Gasteiger partial charge < -0.3 is 0 Å². The number of nitrogens with zero attached hydrogens (tertiary/aromatic N) is 3.